The summed E-state index contributed by atoms with van der Waals surface area (Å²) in [6.07, 6.45) is 1.30. The van der Waals surface area contributed by atoms with Crippen molar-refractivity contribution in [1.29, 1.82) is 0 Å². The van der Waals surface area contributed by atoms with Crippen molar-refractivity contribution in [2.24, 2.45) is 0 Å². The van der Waals surface area contributed by atoms with E-state index < -0.39 is 5.97 Å². The van der Waals surface area contributed by atoms with Crippen LogP contribution < -0.4 is 5.32 Å². The van der Waals surface area contributed by atoms with Crippen molar-refractivity contribution in [1.82, 2.24) is 5.32 Å². The lowest BCUT2D eigenvalue weighted by Gasteiger charge is -1.97. The minimum atomic E-state index is -0.417. The highest BCUT2D eigenvalue weighted by Gasteiger charge is 2.24. The number of thioether (sulfide) groups is 1. The molecule has 0 saturated carbocycles. The maximum atomic E-state index is 11.0. The molecule has 0 bridgehead atoms. The topological polar surface area (TPSA) is 55.4 Å². The van der Waals surface area contributed by atoms with Crippen LogP contribution in [0.2, 0.25) is 0 Å². The molecule has 1 aliphatic heterocycles. The van der Waals surface area contributed by atoms with Crippen molar-refractivity contribution in [3.05, 3.63) is 11.1 Å². The van der Waals surface area contributed by atoms with Crippen LogP contribution in [0.4, 0.5) is 0 Å². The molecule has 13 heavy (non-hydrogen) atoms. The molecule has 0 radical (unpaired) electrons. The van der Waals surface area contributed by atoms with Crippen LogP contribution in [0, 0.1) is 0 Å². The fourth-order valence-corrected chi connectivity index (χ4v) is 1.73. The highest BCUT2D eigenvalue weighted by Crippen LogP contribution is 2.25. The molecule has 0 aromatic rings. The van der Waals surface area contributed by atoms with Gasteiger partial charge >= 0.3 is 5.97 Å². The molecule has 1 aliphatic rings. The van der Waals surface area contributed by atoms with Gasteiger partial charge in [-0.3, -0.25) is 4.79 Å². The molecule has 1 heterocycles. The van der Waals surface area contributed by atoms with Gasteiger partial charge in [0, 0.05) is 0 Å². The zero-order valence-electron chi connectivity index (χ0n) is 7.49. The average molecular weight is 201 g/mol. The largest absolute Gasteiger partial charge is 0.463 e. The highest BCUT2D eigenvalue weighted by molar-refractivity contribution is 8.04. The molecule has 0 aromatic heterocycles. The summed E-state index contributed by atoms with van der Waals surface area (Å²) in [7, 11) is 0. The summed E-state index contributed by atoms with van der Waals surface area (Å²) in [6, 6.07) is 0. The van der Waals surface area contributed by atoms with Gasteiger partial charge in [0.15, 0.2) is 0 Å². The zero-order chi connectivity index (χ0) is 9.84. The maximum Gasteiger partial charge on any atom is 0.333 e. The van der Waals surface area contributed by atoms with E-state index in [1.54, 1.807) is 13.8 Å². The summed E-state index contributed by atoms with van der Waals surface area (Å²) in [6.45, 7) is 3.86. The van der Waals surface area contributed by atoms with Crippen LogP contribution in [-0.2, 0) is 14.3 Å². The smallest absolute Gasteiger partial charge is 0.333 e. The quantitative estimate of drug-likeness (QED) is 0.526. The summed E-state index contributed by atoms with van der Waals surface area (Å²) in [4.78, 5) is 21.9. The van der Waals surface area contributed by atoms with E-state index in [-0.39, 0.29) is 11.2 Å². The second kappa shape index (κ2) is 4.32. The minimum absolute atomic E-state index is 0.0689. The molecule has 4 nitrogen and oxygen atoms in total. The van der Waals surface area contributed by atoms with E-state index in [0.29, 0.717) is 11.6 Å². The van der Waals surface area contributed by atoms with Gasteiger partial charge in [-0.15, -0.1) is 0 Å². The third-order valence-electron chi connectivity index (χ3n) is 1.45. The van der Waals surface area contributed by atoms with Crippen LogP contribution in [0.3, 0.4) is 0 Å². The first-order valence-electron chi connectivity index (χ1n) is 3.99. The first-order valence-corrected chi connectivity index (χ1v) is 4.87. The van der Waals surface area contributed by atoms with Gasteiger partial charge in [0.25, 0.3) is 0 Å². The van der Waals surface area contributed by atoms with Crippen LogP contribution in [-0.4, -0.2) is 23.7 Å². The lowest BCUT2D eigenvalue weighted by Crippen LogP contribution is -2.19. The van der Waals surface area contributed by atoms with Crippen molar-refractivity contribution in [2.45, 2.75) is 19.1 Å². The molecule has 1 fully saturated rings. The van der Waals surface area contributed by atoms with Gasteiger partial charge in [0.1, 0.15) is 0 Å². The molecule has 0 aromatic carbocycles. The molecule has 1 atom stereocenters. The number of hydrogen-bond acceptors (Lipinski definition) is 4. The van der Waals surface area contributed by atoms with Gasteiger partial charge in [0.05, 0.1) is 23.0 Å². The van der Waals surface area contributed by atoms with Crippen molar-refractivity contribution in [3.63, 3.8) is 0 Å². The number of rotatable bonds is 2. The SMILES string of the molecule is CCOC(=O)/C=C1\NC(=O)[C@H](C)S1. The number of ether oxygens (including phenoxy) is 1. The Labute approximate surface area is 80.7 Å². The third kappa shape index (κ3) is 2.77. The third-order valence-corrected chi connectivity index (χ3v) is 2.50. The number of amides is 1. The van der Waals surface area contributed by atoms with Crippen LogP contribution in [0.5, 0.6) is 0 Å². The van der Waals surface area contributed by atoms with Crippen molar-refractivity contribution < 1.29 is 14.3 Å². The second-order valence-electron chi connectivity index (χ2n) is 2.51. The predicted molar refractivity (Wildman–Crippen MR) is 49.9 cm³/mol. The summed E-state index contributed by atoms with van der Waals surface area (Å²) < 4.78 is 4.69. The van der Waals surface area contributed by atoms with Gasteiger partial charge in [-0.05, 0) is 13.8 Å². The van der Waals surface area contributed by atoms with Crippen molar-refractivity contribution in [3.8, 4) is 0 Å². The van der Waals surface area contributed by atoms with Gasteiger partial charge in [-0.25, -0.2) is 4.79 Å². The number of nitrogens with one attached hydrogen (secondary N) is 1. The Balaban J connectivity index is 2.54. The van der Waals surface area contributed by atoms with E-state index >= 15 is 0 Å². The van der Waals surface area contributed by atoms with Crippen molar-refractivity contribution >= 4 is 23.6 Å². The Bertz CT molecular complexity index is 262. The monoisotopic (exact) mass is 201 g/mol. The molecule has 0 unspecified atom stereocenters. The molecule has 5 heteroatoms. The molecule has 0 spiro atoms. The number of carbonyl (C=O) groups is 2. The number of carbonyl (C=O) groups excluding carboxylic acids is 2. The summed E-state index contributed by atoms with van der Waals surface area (Å²) >= 11 is 1.33. The van der Waals surface area contributed by atoms with Gasteiger partial charge in [-0.2, -0.15) is 0 Å². The van der Waals surface area contributed by atoms with E-state index in [1.165, 1.54) is 17.8 Å². The molecular formula is C8H11NO3S. The average Bonchev–Trinajstić information content (AvgIpc) is 2.31. The normalized spacial score (nSPS) is 24.6. The fraction of sp³-hybridized carbons (Fsp3) is 0.500. The van der Waals surface area contributed by atoms with Crippen LogP contribution >= 0.6 is 11.8 Å². The summed E-state index contributed by atoms with van der Waals surface area (Å²) in [5.41, 5.74) is 0. The highest BCUT2D eigenvalue weighted by atomic mass is 32.2. The molecule has 1 rings (SSSR count). The minimum Gasteiger partial charge on any atom is -0.463 e. The zero-order valence-corrected chi connectivity index (χ0v) is 8.31. The Morgan fingerprint density at radius 3 is 2.92 bits per heavy atom. The van der Waals surface area contributed by atoms with E-state index in [2.05, 4.69) is 5.32 Å². The summed E-state index contributed by atoms with van der Waals surface area (Å²) in [5, 5.41) is 3.02. The standard InChI is InChI=1S/C8H11NO3S/c1-3-12-7(10)4-6-9-8(11)5(2)13-6/h4-5H,3H2,1-2H3,(H,9,11)/b6-4+/t5-/m0/s1. The lowest BCUT2D eigenvalue weighted by molar-refractivity contribution is -0.137. The Morgan fingerprint density at radius 2 is 2.46 bits per heavy atom. The van der Waals surface area contributed by atoms with Gasteiger partial charge < -0.3 is 10.1 Å². The number of hydrogen-bond donors (Lipinski definition) is 1. The van der Waals surface area contributed by atoms with Crippen LogP contribution in [0.1, 0.15) is 13.8 Å². The fourth-order valence-electron chi connectivity index (χ4n) is 0.858. The Hall–Kier alpha value is -0.970. The molecule has 1 N–H and O–H groups in total. The van der Waals surface area contributed by atoms with Crippen LogP contribution in [0.15, 0.2) is 11.1 Å². The van der Waals surface area contributed by atoms with E-state index in [9.17, 15) is 9.59 Å². The van der Waals surface area contributed by atoms with Gasteiger partial charge in [-0.1, -0.05) is 11.8 Å². The lowest BCUT2D eigenvalue weighted by atomic mass is 10.4. The molecular weight excluding hydrogens is 190 g/mol. The van der Waals surface area contributed by atoms with Crippen LogP contribution in [0.25, 0.3) is 0 Å². The summed E-state index contributed by atoms with van der Waals surface area (Å²) in [5.74, 6) is -0.486. The van der Waals surface area contributed by atoms with Crippen molar-refractivity contribution in [2.75, 3.05) is 6.61 Å². The Kier molecular flexibility index (Phi) is 3.36. The first-order chi connectivity index (χ1) is 6.13. The predicted octanol–water partition coefficient (Wildman–Crippen LogP) is 0.642. The van der Waals surface area contributed by atoms with E-state index in [0.717, 1.165) is 0 Å². The van der Waals surface area contributed by atoms with Gasteiger partial charge in [0.2, 0.25) is 5.91 Å². The van der Waals surface area contributed by atoms with E-state index in [1.807, 2.05) is 0 Å². The first kappa shape index (κ1) is 10.1. The molecule has 72 valence electrons. The molecule has 0 aliphatic carbocycles. The second-order valence-corrected chi connectivity index (χ2v) is 3.89. The molecule has 1 saturated heterocycles. The molecule has 1 amide bonds. The maximum absolute atomic E-state index is 11.0. The van der Waals surface area contributed by atoms with E-state index in [4.69, 9.17) is 4.74 Å². The Morgan fingerprint density at radius 1 is 1.77 bits per heavy atom. The number of esters is 1.